The average Bonchev–Trinajstić information content (AvgIpc) is 2.94. The lowest BCUT2D eigenvalue weighted by atomic mass is 9.78. The Morgan fingerprint density at radius 3 is 2.43 bits per heavy atom. The van der Waals surface area contributed by atoms with Gasteiger partial charge in [-0.2, -0.15) is 0 Å². The van der Waals surface area contributed by atoms with Gasteiger partial charge < -0.3 is 14.7 Å². The van der Waals surface area contributed by atoms with Gasteiger partial charge in [-0.1, -0.05) is 12.8 Å². The number of hydrogen-bond donors (Lipinski definition) is 1. The van der Waals surface area contributed by atoms with Crippen molar-refractivity contribution in [2.24, 2.45) is 10.8 Å². The Hall–Kier alpha value is -1.10. The molecular weight excluding hydrogens is 270 g/mol. The zero-order chi connectivity index (χ0) is 15.5. The molecule has 0 aromatic carbocycles. The predicted octanol–water partition coefficient (Wildman–Crippen LogP) is 2.30. The maximum Gasteiger partial charge on any atom is 0.311 e. The second kappa shape index (κ2) is 6.34. The van der Waals surface area contributed by atoms with Crippen LogP contribution in [-0.4, -0.2) is 48.7 Å². The summed E-state index contributed by atoms with van der Waals surface area (Å²) in [6, 6.07) is 0. The number of piperidine rings is 1. The van der Waals surface area contributed by atoms with Crippen molar-refractivity contribution in [3.05, 3.63) is 0 Å². The first-order valence-corrected chi connectivity index (χ1v) is 7.95. The zero-order valence-electron chi connectivity index (χ0n) is 13.2. The second-order valence-electron chi connectivity index (χ2n) is 6.93. The number of nitrogens with zero attached hydrogens (tertiary/aromatic N) is 1. The highest BCUT2D eigenvalue weighted by Gasteiger charge is 2.47. The van der Waals surface area contributed by atoms with Crippen LogP contribution in [0.3, 0.4) is 0 Å². The van der Waals surface area contributed by atoms with E-state index in [1.54, 1.807) is 18.9 Å². The normalized spacial score (nSPS) is 28.6. The summed E-state index contributed by atoms with van der Waals surface area (Å²) in [5.41, 5.74) is -1.11. The molecule has 0 radical (unpaired) electrons. The van der Waals surface area contributed by atoms with Crippen molar-refractivity contribution in [2.45, 2.75) is 51.9 Å². The van der Waals surface area contributed by atoms with Gasteiger partial charge in [-0.05, 0) is 39.0 Å². The fourth-order valence-electron chi connectivity index (χ4n) is 3.84. The Morgan fingerprint density at radius 2 is 1.86 bits per heavy atom. The van der Waals surface area contributed by atoms with Gasteiger partial charge in [0.1, 0.15) is 0 Å². The molecule has 0 bridgehead atoms. The number of ether oxygens (including phenoxy) is 1. The quantitative estimate of drug-likeness (QED) is 0.845. The van der Waals surface area contributed by atoms with Crippen LogP contribution < -0.4 is 0 Å². The Labute approximate surface area is 126 Å². The van der Waals surface area contributed by atoms with E-state index in [2.05, 4.69) is 0 Å². The summed E-state index contributed by atoms with van der Waals surface area (Å²) in [5.74, 6) is -0.637. The minimum atomic E-state index is -0.797. The molecule has 2 aliphatic rings. The average molecular weight is 297 g/mol. The molecule has 1 heterocycles. The van der Waals surface area contributed by atoms with Gasteiger partial charge in [-0.3, -0.25) is 9.59 Å². The molecule has 0 aromatic rings. The third-order valence-corrected chi connectivity index (χ3v) is 5.30. The van der Waals surface area contributed by atoms with Gasteiger partial charge in [0.25, 0.3) is 0 Å². The Morgan fingerprint density at radius 1 is 1.19 bits per heavy atom. The van der Waals surface area contributed by atoms with Gasteiger partial charge in [0.15, 0.2) is 0 Å². The minimum Gasteiger partial charge on any atom is -0.481 e. The van der Waals surface area contributed by atoms with E-state index in [-0.39, 0.29) is 11.3 Å². The van der Waals surface area contributed by atoms with Crippen LogP contribution in [0.15, 0.2) is 0 Å². The van der Waals surface area contributed by atoms with Crippen molar-refractivity contribution >= 4 is 11.9 Å². The minimum absolute atomic E-state index is 0.157. The number of aliphatic carboxylic acids is 1. The highest BCUT2D eigenvalue weighted by Crippen LogP contribution is 2.44. The number of carboxylic acids is 1. The summed E-state index contributed by atoms with van der Waals surface area (Å²) in [7, 11) is 1.66. The molecule has 5 nitrogen and oxygen atoms in total. The fraction of sp³-hybridized carbons (Fsp3) is 0.875. The third-order valence-electron chi connectivity index (χ3n) is 5.30. The molecule has 1 unspecified atom stereocenters. The third kappa shape index (κ3) is 3.23. The van der Waals surface area contributed by atoms with Crippen molar-refractivity contribution in [1.82, 2.24) is 4.90 Å². The number of carbonyl (C=O) groups excluding carboxylic acids is 1. The topological polar surface area (TPSA) is 66.8 Å². The molecule has 1 N–H and O–H groups in total. The Kier molecular flexibility index (Phi) is 4.91. The molecule has 0 spiro atoms. The van der Waals surface area contributed by atoms with Crippen LogP contribution in [0.5, 0.6) is 0 Å². The molecule has 1 aliphatic carbocycles. The number of carboxylic acid groups (broad SMARTS) is 1. The van der Waals surface area contributed by atoms with Crippen LogP contribution in [0.1, 0.15) is 51.9 Å². The Balaban J connectivity index is 2.11. The molecule has 1 aliphatic heterocycles. The van der Waals surface area contributed by atoms with E-state index in [1.807, 2.05) is 0 Å². The molecule has 21 heavy (non-hydrogen) atoms. The molecule has 2 rings (SSSR count). The number of rotatable bonds is 5. The molecule has 120 valence electrons. The van der Waals surface area contributed by atoms with E-state index in [0.29, 0.717) is 26.1 Å². The van der Waals surface area contributed by atoms with Crippen LogP contribution in [0.4, 0.5) is 0 Å². The van der Waals surface area contributed by atoms with Gasteiger partial charge >= 0.3 is 5.97 Å². The number of hydrogen-bond acceptors (Lipinski definition) is 3. The monoisotopic (exact) mass is 297 g/mol. The fourth-order valence-corrected chi connectivity index (χ4v) is 3.84. The lowest BCUT2D eigenvalue weighted by Gasteiger charge is -2.42. The number of carbonyl (C=O) groups is 2. The largest absolute Gasteiger partial charge is 0.481 e. The summed E-state index contributed by atoms with van der Waals surface area (Å²) >= 11 is 0. The summed E-state index contributed by atoms with van der Waals surface area (Å²) in [6.45, 7) is 3.38. The molecule has 0 aromatic heterocycles. The van der Waals surface area contributed by atoms with Gasteiger partial charge in [0.2, 0.25) is 5.91 Å². The maximum absolute atomic E-state index is 13.0. The smallest absolute Gasteiger partial charge is 0.311 e. The van der Waals surface area contributed by atoms with Crippen molar-refractivity contribution in [2.75, 3.05) is 26.8 Å². The molecule has 1 saturated heterocycles. The van der Waals surface area contributed by atoms with Crippen molar-refractivity contribution in [1.29, 1.82) is 0 Å². The first kappa shape index (κ1) is 16.3. The summed E-state index contributed by atoms with van der Waals surface area (Å²) in [4.78, 5) is 26.3. The first-order valence-electron chi connectivity index (χ1n) is 7.95. The maximum atomic E-state index is 13.0. The SMILES string of the molecule is COCCC1(C(=O)N2CCCC(C)(C(=O)O)C2)CCCC1. The first-order chi connectivity index (χ1) is 9.93. The lowest BCUT2D eigenvalue weighted by molar-refractivity contribution is -0.157. The van der Waals surface area contributed by atoms with Gasteiger partial charge in [-0.15, -0.1) is 0 Å². The molecule has 2 fully saturated rings. The van der Waals surface area contributed by atoms with Crippen LogP contribution in [-0.2, 0) is 14.3 Å². The van der Waals surface area contributed by atoms with Gasteiger partial charge in [0, 0.05) is 26.8 Å². The summed E-state index contributed by atoms with van der Waals surface area (Å²) < 4.78 is 5.18. The lowest BCUT2D eigenvalue weighted by Crippen LogP contribution is -2.52. The van der Waals surface area contributed by atoms with Crippen molar-refractivity contribution in [3.63, 3.8) is 0 Å². The number of methoxy groups -OCH3 is 1. The van der Waals surface area contributed by atoms with Crippen LogP contribution >= 0.6 is 0 Å². The van der Waals surface area contributed by atoms with Crippen LogP contribution in [0, 0.1) is 10.8 Å². The van der Waals surface area contributed by atoms with E-state index < -0.39 is 11.4 Å². The standard InChI is InChI=1S/C16H27NO4/c1-15(14(19)20)6-5-10-17(12-15)13(18)16(9-11-21-2)7-3-4-8-16/h3-12H2,1-2H3,(H,19,20). The van der Waals surface area contributed by atoms with Crippen molar-refractivity contribution < 1.29 is 19.4 Å². The summed E-state index contributed by atoms with van der Waals surface area (Å²) in [6.07, 6.45) is 6.17. The molecular formula is C16H27NO4. The van der Waals surface area contributed by atoms with E-state index in [1.165, 1.54) is 0 Å². The van der Waals surface area contributed by atoms with E-state index >= 15 is 0 Å². The predicted molar refractivity (Wildman–Crippen MR) is 79.0 cm³/mol. The van der Waals surface area contributed by atoms with E-state index in [9.17, 15) is 14.7 Å². The number of likely N-dealkylation sites (tertiary alicyclic amines) is 1. The highest BCUT2D eigenvalue weighted by molar-refractivity contribution is 5.84. The van der Waals surface area contributed by atoms with E-state index in [0.717, 1.165) is 38.5 Å². The van der Waals surface area contributed by atoms with Crippen molar-refractivity contribution in [3.8, 4) is 0 Å². The Bertz CT molecular complexity index is 403. The molecule has 1 saturated carbocycles. The van der Waals surface area contributed by atoms with Gasteiger partial charge in [0.05, 0.1) is 10.8 Å². The molecule has 5 heteroatoms. The highest BCUT2D eigenvalue weighted by atomic mass is 16.5. The zero-order valence-corrected chi connectivity index (χ0v) is 13.2. The summed E-state index contributed by atoms with van der Waals surface area (Å²) in [5, 5.41) is 9.41. The molecule has 1 atom stereocenters. The molecule has 1 amide bonds. The van der Waals surface area contributed by atoms with E-state index in [4.69, 9.17) is 4.74 Å². The van der Waals surface area contributed by atoms with Crippen LogP contribution in [0.2, 0.25) is 0 Å². The second-order valence-corrected chi connectivity index (χ2v) is 6.93. The van der Waals surface area contributed by atoms with Crippen LogP contribution in [0.25, 0.3) is 0 Å². The van der Waals surface area contributed by atoms with Gasteiger partial charge in [-0.25, -0.2) is 0 Å². The number of amides is 1.